The van der Waals surface area contributed by atoms with Gasteiger partial charge in [-0.05, 0) is 44.0 Å². The molecule has 1 fully saturated rings. The number of β-amino-alcohol motifs (C(OH)–C–C–N with tert-alkyl or cyclic N) is 1. The third kappa shape index (κ3) is 2.70. The fourth-order valence-corrected chi connectivity index (χ4v) is 3.43. The molecule has 2 aliphatic rings. The van der Waals surface area contributed by atoms with E-state index < -0.39 is 5.60 Å². The van der Waals surface area contributed by atoms with Gasteiger partial charge in [0.1, 0.15) is 17.5 Å². The smallest absolute Gasteiger partial charge is 0.133 e. The number of benzene rings is 1. The van der Waals surface area contributed by atoms with Crippen molar-refractivity contribution >= 4 is 0 Å². The number of likely N-dealkylation sites (tertiary alicyclic amines) is 1. The lowest BCUT2D eigenvalue weighted by atomic mass is 9.89. The average Bonchev–Trinajstić information content (AvgIpc) is 2.93. The molecule has 1 aromatic carbocycles. The first kappa shape index (κ1) is 13.9. The molecule has 0 unspecified atom stereocenters. The fraction of sp³-hybridized carbons (Fsp3) is 0.647. The Hall–Kier alpha value is -1.06. The summed E-state index contributed by atoms with van der Waals surface area (Å²) in [6.07, 6.45) is 5.30. The highest BCUT2D eigenvalue weighted by molar-refractivity contribution is 5.38. The van der Waals surface area contributed by atoms with E-state index in [-0.39, 0.29) is 6.10 Å². The first-order valence-corrected chi connectivity index (χ1v) is 7.90. The van der Waals surface area contributed by atoms with Gasteiger partial charge < -0.3 is 14.7 Å². The highest BCUT2D eigenvalue weighted by Gasteiger charge is 2.42. The third-order valence-corrected chi connectivity index (χ3v) is 4.80. The van der Waals surface area contributed by atoms with Crippen molar-refractivity contribution in [1.29, 1.82) is 0 Å². The summed E-state index contributed by atoms with van der Waals surface area (Å²) in [6.45, 7) is 5.03. The van der Waals surface area contributed by atoms with Gasteiger partial charge in [0.2, 0.25) is 0 Å². The molecule has 0 bridgehead atoms. The summed E-state index contributed by atoms with van der Waals surface area (Å²) in [5.41, 5.74) is 0.485. The van der Waals surface area contributed by atoms with Crippen LogP contribution >= 0.6 is 0 Å². The van der Waals surface area contributed by atoms with E-state index in [1.807, 2.05) is 18.2 Å². The summed E-state index contributed by atoms with van der Waals surface area (Å²) in [5, 5.41) is 11.1. The fourth-order valence-electron chi connectivity index (χ4n) is 3.43. The summed E-state index contributed by atoms with van der Waals surface area (Å²) in [7, 11) is 0. The van der Waals surface area contributed by atoms with E-state index in [1.54, 1.807) is 0 Å². The van der Waals surface area contributed by atoms with E-state index in [2.05, 4.69) is 17.9 Å². The lowest BCUT2D eigenvalue weighted by molar-refractivity contribution is -0.0781. The zero-order chi connectivity index (χ0) is 14.0. The summed E-state index contributed by atoms with van der Waals surface area (Å²) in [4.78, 5) is 2.40. The van der Waals surface area contributed by atoms with Crippen LogP contribution in [-0.2, 0) is 6.42 Å². The highest BCUT2D eigenvalue weighted by atomic mass is 16.5. The van der Waals surface area contributed by atoms with Crippen molar-refractivity contribution in [3.63, 3.8) is 0 Å². The largest absolute Gasteiger partial charge is 0.487 e. The molecule has 0 aromatic heterocycles. The van der Waals surface area contributed by atoms with Gasteiger partial charge in [-0.1, -0.05) is 31.5 Å². The van der Waals surface area contributed by atoms with Gasteiger partial charge in [0.05, 0.1) is 0 Å². The number of rotatable bonds is 4. The molecule has 0 amide bonds. The molecule has 3 nitrogen and oxygen atoms in total. The number of fused-ring (bicyclic) bond motifs is 1. The van der Waals surface area contributed by atoms with Crippen molar-refractivity contribution < 1.29 is 9.84 Å². The molecule has 2 heterocycles. The number of piperidine rings is 1. The van der Waals surface area contributed by atoms with Crippen molar-refractivity contribution in [2.24, 2.45) is 0 Å². The Balaban J connectivity index is 1.70. The molecule has 3 heteroatoms. The summed E-state index contributed by atoms with van der Waals surface area (Å²) in [5.74, 6) is 0.947. The van der Waals surface area contributed by atoms with Crippen LogP contribution in [0.1, 0.15) is 38.2 Å². The molecule has 1 aromatic rings. The van der Waals surface area contributed by atoms with Gasteiger partial charge in [0, 0.05) is 13.0 Å². The predicted octanol–water partition coefficient (Wildman–Crippen LogP) is 2.62. The van der Waals surface area contributed by atoms with Crippen molar-refractivity contribution in [3.8, 4) is 5.75 Å². The first-order chi connectivity index (χ1) is 9.71. The molecule has 110 valence electrons. The van der Waals surface area contributed by atoms with Crippen LogP contribution in [-0.4, -0.2) is 41.3 Å². The van der Waals surface area contributed by atoms with Gasteiger partial charge in [-0.15, -0.1) is 0 Å². The van der Waals surface area contributed by atoms with Crippen LogP contribution in [0.2, 0.25) is 0 Å². The van der Waals surface area contributed by atoms with E-state index in [4.69, 9.17) is 4.74 Å². The maximum absolute atomic E-state index is 11.1. The van der Waals surface area contributed by atoms with Crippen molar-refractivity contribution in [3.05, 3.63) is 29.8 Å². The molecular formula is C17H25NO2. The summed E-state index contributed by atoms with van der Waals surface area (Å²) in [6, 6.07) is 8.15. The molecule has 1 N–H and O–H groups in total. The van der Waals surface area contributed by atoms with Crippen LogP contribution in [0.3, 0.4) is 0 Å². The van der Waals surface area contributed by atoms with Gasteiger partial charge in [-0.25, -0.2) is 0 Å². The molecule has 3 rings (SSSR count). The highest BCUT2D eigenvalue weighted by Crippen LogP contribution is 2.35. The van der Waals surface area contributed by atoms with E-state index in [9.17, 15) is 5.11 Å². The van der Waals surface area contributed by atoms with Crippen LogP contribution in [0.25, 0.3) is 0 Å². The Kier molecular flexibility index (Phi) is 3.99. The molecule has 0 aliphatic carbocycles. The number of hydrogen-bond acceptors (Lipinski definition) is 3. The lowest BCUT2D eigenvalue weighted by Gasteiger charge is -2.38. The van der Waals surface area contributed by atoms with E-state index >= 15 is 0 Å². The third-order valence-electron chi connectivity index (χ3n) is 4.80. The number of aliphatic hydroxyl groups is 1. The van der Waals surface area contributed by atoms with Crippen LogP contribution < -0.4 is 4.74 Å². The van der Waals surface area contributed by atoms with Gasteiger partial charge >= 0.3 is 0 Å². The Morgan fingerprint density at radius 3 is 2.70 bits per heavy atom. The zero-order valence-corrected chi connectivity index (χ0v) is 12.3. The Labute approximate surface area is 121 Å². The number of hydrogen-bond donors (Lipinski definition) is 1. The normalized spacial score (nSPS) is 25.8. The quantitative estimate of drug-likeness (QED) is 0.917. The summed E-state index contributed by atoms with van der Waals surface area (Å²) < 4.78 is 6.03. The molecule has 0 saturated carbocycles. The maximum Gasteiger partial charge on any atom is 0.133 e. The topological polar surface area (TPSA) is 32.7 Å². The predicted molar refractivity (Wildman–Crippen MR) is 80.1 cm³/mol. The van der Waals surface area contributed by atoms with Gasteiger partial charge in [0.25, 0.3) is 0 Å². The van der Waals surface area contributed by atoms with E-state index in [0.29, 0.717) is 0 Å². The summed E-state index contributed by atoms with van der Waals surface area (Å²) >= 11 is 0. The van der Waals surface area contributed by atoms with Crippen molar-refractivity contribution in [2.45, 2.75) is 50.7 Å². The minimum absolute atomic E-state index is 0.105. The van der Waals surface area contributed by atoms with Crippen LogP contribution in [0.4, 0.5) is 0 Å². The second kappa shape index (κ2) is 5.74. The zero-order valence-electron chi connectivity index (χ0n) is 12.3. The first-order valence-electron chi connectivity index (χ1n) is 7.90. The van der Waals surface area contributed by atoms with Crippen molar-refractivity contribution in [1.82, 2.24) is 4.90 Å². The Morgan fingerprint density at radius 1 is 1.25 bits per heavy atom. The number of ether oxygens (including phenoxy) is 1. The Bertz CT molecular complexity index is 431. The van der Waals surface area contributed by atoms with E-state index in [0.717, 1.165) is 38.2 Å². The second-order valence-electron chi connectivity index (χ2n) is 6.21. The molecule has 1 saturated heterocycles. The molecule has 20 heavy (non-hydrogen) atoms. The van der Waals surface area contributed by atoms with Crippen LogP contribution in [0, 0.1) is 0 Å². The SMILES string of the molecule is CC[C@](O)(CN1CCCCC1)[C@H]1Cc2ccccc2O1. The minimum atomic E-state index is -0.740. The van der Waals surface area contributed by atoms with Crippen LogP contribution in [0.15, 0.2) is 24.3 Å². The molecule has 2 atom stereocenters. The molecule has 0 radical (unpaired) electrons. The number of nitrogens with zero attached hydrogens (tertiary/aromatic N) is 1. The van der Waals surface area contributed by atoms with Gasteiger partial charge in [-0.2, -0.15) is 0 Å². The average molecular weight is 275 g/mol. The maximum atomic E-state index is 11.1. The van der Waals surface area contributed by atoms with Gasteiger partial charge in [-0.3, -0.25) is 0 Å². The minimum Gasteiger partial charge on any atom is -0.487 e. The van der Waals surface area contributed by atoms with Crippen molar-refractivity contribution in [2.75, 3.05) is 19.6 Å². The standard InChI is InChI=1S/C17H25NO2/c1-2-17(19,13-18-10-6-3-7-11-18)16-12-14-8-4-5-9-15(14)20-16/h4-5,8-9,16,19H,2-3,6-7,10-13H2,1H3/t16-,17+/m1/s1. The molecular weight excluding hydrogens is 250 g/mol. The van der Waals surface area contributed by atoms with Gasteiger partial charge in [0.15, 0.2) is 0 Å². The number of para-hydroxylation sites is 1. The van der Waals surface area contributed by atoms with Crippen LogP contribution in [0.5, 0.6) is 5.75 Å². The van der Waals surface area contributed by atoms with E-state index in [1.165, 1.54) is 24.8 Å². The second-order valence-corrected chi connectivity index (χ2v) is 6.21. The molecule has 2 aliphatic heterocycles. The molecule has 0 spiro atoms. The lowest BCUT2D eigenvalue weighted by Crippen LogP contribution is -2.53. The Morgan fingerprint density at radius 2 is 2.00 bits per heavy atom. The monoisotopic (exact) mass is 275 g/mol.